The predicted octanol–water partition coefficient (Wildman–Crippen LogP) is 2.71. The fourth-order valence-electron chi connectivity index (χ4n) is 2.87. The maximum Gasteiger partial charge on any atom is 0.205 e. The molecule has 2 aromatic rings. The van der Waals surface area contributed by atoms with E-state index in [9.17, 15) is 5.11 Å². The van der Waals surface area contributed by atoms with E-state index < -0.39 is 0 Å². The molecule has 27 heavy (non-hydrogen) atoms. The van der Waals surface area contributed by atoms with Gasteiger partial charge in [-0.1, -0.05) is 19.1 Å². The van der Waals surface area contributed by atoms with Crippen LogP contribution in [-0.2, 0) is 13.0 Å². The van der Waals surface area contributed by atoms with Crippen molar-refractivity contribution in [3.63, 3.8) is 0 Å². The normalized spacial score (nSPS) is 14.8. The third-order valence-electron chi connectivity index (χ3n) is 4.28. The maximum atomic E-state index is 9.60. The number of anilines is 1. The molecule has 0 unspecified atom stereocenters. The zero-order valence-corrected chi connectivity index (χ0v) is 18.9. The summed E-state index contributed by atoms with van der Waals surface area (Å²) in [5.41, 5.74) is 1.000. The molecule has 0 aliphatic carbocycles. The highest BCUT2D eigenvalue weighted by Crippen LogP contribution is 2.19. The maximum absolute atomic E-state index is 9.60. The van der Waals surface area contributed by atoms with Gasteiger partial charge in [0.2, 0.25) is 5.13 Å². The Balaban J connectivity index is 0.00000261. The SMILES string of the molecule is CCNC(=NCc1cccc(O)c1)N1CCN(c2nc(CC)ns2)CC1.I. The molecular formula is C18H27IN6OS. The Morgan fingerprint density at radius 2 is 2.04 bits per heavy atom. The molecule has 0 atom stereocenters. The summed E-state index contributed by atoms with van der Waals surface area (Å²) in [6.07, 6.45) is 0.878. The minimum Gasteiger partial charge on any atom is -0.508 e. The van der Waals surface area contributed by atoms with Gasteiger partial charge in [-0.25, -0.2) is 9.98 Å². The van der Waals surface area contributed by atoms with Crippen molar-refractivity contribution in [1.29, 1.82) is 0 Å². The lowest BCUT2D eigenvalue weighted by molar-refractivity contribution is 0.372. The van der Waals surface area contributed by atoms with Gasteiger partial charge in [0.15, 0.2) is 5.96 Å². The number of nitrogens with one attached hydrogen (secondary N) is 1. The van der Waals surface area contributed by atoms with Gasteiger partial charge in [-0.15, -0.1) is 24.0 Å². The Morgan fingerprint density at radius 3 is 2.67 bits per heavy atom. The van der Waals surface area contributed by atoms with Crippen LogP contribution in [0.2, 0.25) is 0 Å². The van der Waals surface area contributed by atoms with Crippen LogP contribution in [-0.4, -0.2) is 58.0 Å². The lowest BCUT2D eigenvalue weighted by atomic mass is 10.2. The van der Waals surface area contributed by atoms with Crippen molar-refractivity contribution < 1.29 is 5.11 Å². The molecule has 1 saturated heterocycles. The lowest BCUT2D eigenvalue weighted by Gasteiger charge is -2.36. The summed E-state index contributed by atoms with van der Waals surface area (Å²) in [6.45, 7) is 9.15. The van der Waals surface area contributed by atoms with Gasteiger partial charge < -0.3 is 20.2 Å². The van der Waals surface area contributed by atoms with Gasteiger partial charge in [0.05, 0.1) is 6.54 Å². The van der Waals surface area contributed by atoms with Gasteiger partial charge in [0, 0.05) is 50.7 Å². The molecule has 1 aromatic heterocycles. The van der Waals surface area contributed by atoms with Crippen molar-refractivity contribution >= 4 is 46.6 Å². The average molecular weight is 502 g/mol. The van der Waals surface area contributed by atoms with Crippen LogP contribution in [0, 0.1) is 0 Å². The molecule has 148 valence electrons. The first kappa shape index (κ1) is 21.7. The van der Waals surface area contributed by atoms with Crippen molar-refractivity contribution in [2.24, 2.45) is 4.99 Å². The predicted molar refractivity (Wildman–Crippen MR) is 121 cm³/mol. The molecule has 2 N–H and O–H groups in total. The topological polar surface area (TPSA) is 76.9 Å². The molecule has 1 aliphatic rings. The third kappa shape index (κ3) is 5.93. The number of aromatic nitrogens is 2. The summed E-state index contributed by atoms with van der Waals surface area (Å²) in [4.78, 5) is 13.9. The van der Waals surface area contributed by atoms with E-state index in [4.69, 9.17) is 4.99 Å². The molecule has 1 aliphatic heterocycles. The van der Waals surface area contributed by atoms with Gasteiger partial charge in [-0.05, 0) is 24.6 Å². The van der Waals surface area contributed by atoms with Gasteiger partial charge in [0.1, 0.15) is 11.6 Å². The second-order valence-corrected chi connectivity index (χ2v) is 6.89. The number of nitrogens with zero attached hydrogens (tertiary/aromatic N) is 5. The highest BCUT2D eigenvalue weighted by atomic mass is 127. The number of aliphatic imine (C=N–C) groups is 1. The second-order valence-electron chi connectivity index (χ2n) is 6.16. The number of aryl methyl sites for hydroxylation is 1. The Hall–Kier alpha value is -1.62. The number of hydrogen-bond donors (Lipinski definition) is 2. The number of phenols is 1. The zero-order valence-electron chi connectivity index (χ0n) is 15.8. The number of aromatic hydroxyl groups is 1. The third-order valence-corrected chi connectivity index (χ3v) is 5.09. The van der Waals surface area contributed by atoms with Gasteiger partial charge in [-0.3, -0.25) is 0 Å². The lowest BCUT2D eigenvalue weighted by Crippen LogP contribution is -2.52. The van der Waals surface area contributed by atoms with E-state index in [1.807, 2.05) is 12.1 Å². The van der Waals surface area contributed by atoms with E-state index in [-0.39, 0.29) is 29.7 Å². The Labute approximate surface area is 181 Å². The van der Waals surface area contributed by atoms with E-state index in [1.54, 1.807) is 12.1 Å². The average Bonchev–Trinajstić information content (AvgIpc) is 3.15. The van der Waals surface area contributed by atoms with Crippen LogP contribution < -0.4 is 10.2 Å². The molecule has 0 bridgehead atoms. The monoisotopic (exact) mass is 502 g/mol. The minimum atomic E-state index is 0. The first-order valence-corrected chi connectivity index (χ1v) is 9.85. The summed E-state index contributed by atoms with van der Waals surface area (Å²) >= 11 is 1.49. The summed E-state index contributed by atoms with van der Waals surface area (Å²) < 4.78 is 4.38. The highest BCUT2D eigenvalue weighted by Gasteiger charge is 2.22. The fraction of sp³-hybridized carbons (Fsp3) is 0.500. The van der Waals surface area contributed by atoms with Crippen LogP contribution in [0.4, 0.5) is 5.13 Å². The largest absolute Gasteiger partial charge is 0.508 e. The number of hydrogen-bond acceptors (Lipinski definition) is 6. The van der Waals surface area contributed by atoms with Crippen LogP contribution in [0.25, 0.3) is 0 Å². The number of halogens is 1. The molecule has 1 aromatic carbocycles. The fourth-order valence-corrected chi connectivity index (χ4v) is 3.67. The van der Waals surface area contributed by atoms with Crippen molar-refractivity contribution in [3.8, 4) is 5.75 Å². The smallest absolute Gasteiger partial charge is 0.205 e. The molecular weight excluding hydrogens is 475 g/mol. The minimum absolute atomic E-state index is 0. The standard InChI is InChI=1S/C18H26N6OS.HI/c1-3-16-21-18(26-22-16)24-10-8-23(9-11-24)17(19-4-2)20-13-14-6-5-7-15(25)12-14;/h5-7,12,25H,3-4,8-11,13H2,1-2H3,(H,19,20);1H. The molecule has 0 radical (unpaired) electrons. The van der Waals surface area contributed by atoms with Crippen molar-refractivity contribution in [2.75, 3.05) is 37.6 Å². The van der Waals surface area contributed by atoms with Crippen molar-refractivity contribution in [1.82, 2.24) is 19.6 Å². The van der Waals surface area contributed by atoms with Crippen LogP contribution in [0.15, 0.2) is 29.3 Å². The zero-order chi connectivity index (χ0) is 18.4. The summed E-state index contributed by atoms with van der Waals surface area (Å²) in [7, 11) is 0. The molecule has 0 amide bonds. The van der Waals surface area contributed by atoms with Crippen LogP contribution in [0.5, 0.6) is 5.75 Å². The van der Waals surface area contributed by atoms with Gasteiger partial charge >= 0.3 is 0 Å². The van der Waals surface area contributed by atoms with E-state index >= 15 is 0 Å². The molecule has 0 spiro atoms. The quantitative estimate of drug-likeness (QED) is 0.372. The van der Waals surface area contributed by atoms with Crippen LogP contribution in [0.1, 0.15) is 25.2 Å². The first-order chi connectivity index (χ1) is 12.7. The number of piperazine rings is 1. The van der Waals surface area contributed by atoms with E-state index in [2.05, 4.69) is 38.3 Å². The Morgan fingerprint density at radius 1 is 1.26 bits per heavy atom. The number of phenolic OH excluding ortho intramolecular Hbond substituents is 1. The highest BCUT2D eigenvalue weighted by molar-refractivity contribution is 14.0. The number of guanidine groups is 1. The van der Waals surface area contributed by atoms with E-state index in [0.717, 1.165) is 61.6 Å². The van der Waals surface area contributed by atoms with E-state index in [1.165, 1.54) is 11.5 Å². The summed E-state index contributed by atoms with van der Waals surface area (Å²) in [5.74, 6) is 2.12. The molecule has 1 fully saturated rings. The van der Waals surface area contributed by atoms with Crippen molar-refractivity contribution in [3.05, 3.63) is 35.7 Å². The second kappa shape index (κ2) is 10.6. The molecule has 9 heteroatoms. The van der Waals surface area contributed by atoms with Crippen LogP contribution in [0.3, 0.4) is 0 Å². The number of rotatable bonds is 5. The summed E-state index contributed by atoms with van der Waals surface area (Å²) in [5, 5.41) is 14.0. The molecule has 7 nitrogen and oxygen atoms in total. The van der Waals surface area contributed by atoms with Gasteiger partial charge in [-0.2, -0.15) is 4.37 Å². The number of benzene rings is 1. The summed E-state index contributed by atoms with van der Waals surface area (Å²) in [6, 6.07) is 7.25. The van der Waals surface area contributed by atoms with Gasteiger partial charge in [0.25, 0.3) is 0 Å². The Kier molecular flexibility index (Phi) is 8.55. The molecule has 2 heterocycles. The molecule has 0 saturated carbocycles. The Bertz CT molecular complexity index is 745. The first-order valence-electron chi connectivity index (χ1n) is 9.08. The van der Waals surface area contributed by atoms with Crippen LogP contribution >= 0.6 is 35.5 Å². The van der Waals surface area contributed by atoms with Crippen molar-refractivity contribution in [2.45, 2.75) is 26.8 Å². The van der Waals surface area contributed by atoms with E-state index in [0.29, 0.717) is 6.54 Å². The molecule has 3 rings (SSSR count).